The van der Waals surface area contributed by atoms with Crippen molar-refractivity contribution in [2.75, 3.05) is 5.73 Å². The molecule has 0 amide bonds. The predicted octanol–water partition coefficient (Wildman–Crippen LogP) is 1.69. The van der Waals surface area contributed by atoms with E-state index in [2.05, 4.69) is 0 Å². The zero-order valence-electron chi connectivity index (χ0n) is 8.63. The summed E-state index contributed by atoms with van der Waals surface area (Å²) in [4.78, 5) is 10.5. The standard InChI is InChI=1S/C12H12N2O2/c13-10-7-9(8-12(15)16)3-4-11(10)14-5-1-2-6-14/h1-7H,8,13H2,(H,15,16). The van der Waals surface area contributed by atoms with Crippen LogP contribution in [0.3, 0.4) is 0 Å². The highest BCUT2D eigenvalue weighted by Gasteiger charge is 2.05. The summed E-state index contributed by atoms with van der Waals surface area (Å²) >= 11 is 0. The smallest absolute Gasteiger partial charge is 0.307 e. The number of carboxylic acids is 1. The molecule has 0 saturated heterocycles. The molecule has 2 aromatic rings. The minimum atomic E-state index is -0.854. The van der Waals surface area contributed by atoms with Gasteiger partial charge < -0.3 is 15.4 Å². The van der Waals surface area contributed by atoms with Crippen molar-refractivity contribution < 1.29 is 9.90 Å². The first-order valence-corrected chi connectivity index (χ1v) is 4.90. The van der Waals surface area contributed by atoms with Crippen LogP contribution in [-0.2, 0) is 11.2 Å². The fourth-order valence-corrected chi connectivity index (χ4v) is 1.62. The molecule has 0 fully saturated rings. The number of carbonyl (C=O) groups is 1. The number of aliphatic carboxylic acids is 1. The molecule has 82 valence electrons. The van der Waals surface area contributed by atoms with Crippen molar-refractivity contribution in [3.8, 4) is 5.69 Å². The quantitative estimate of drug-likeness (QED) is 0.767. The van der Waals surface area contributed by atoms with Crippen LogP contribution in [0.15, 0.2) is 42.7 Å². The van der Waals surface area contributed by atoms with Crippen LogP contribution >= 0.6 is 0 Å². The molecule has 16 heavy (non-hydrogen) atoms. The number of carboxylic acid groups (broad SMARTS) is 1. The van der Waals surface area contributed by atoms with E-state index in [4.69, 9.17) is 10.8 Å². The van der Waals surface area contributed by atoms with Gasteiger partial charge in [0.25, 0.3) is 0 Å². The summed E-state index contributed by atoms with van der Waals surface area (Å²) in [7, 11) is 0. The minimum absolute atomic E-state index is 0.00381. The van der Waals surface area contributed by atoms with E-state index in [1.54, 1.807) is 12.1 Å². The molecule has 0 bridgehead atoms. The third-order valence-electron chi connectivity index (χ3n) is 2.33. The molecule has 0 aliphatic heterocycles. The van der Waals surface area contributed by atoms with Gasteiger partial charge in [0.2, 0.25) is 0 Å². The van der Waals surface area contributed by atoms with Gasteiger partial charge in [-0.15, -0.1) is 0 Å². The summed E-state index contributed by atoms with van der Waals surface area (Å²) in [5.41, 5.74) is 8.02. The maximum Gasteiger partial charge on any atom is 0.307 e. The summed E-state index contributed by atoms with van der Waals surface area (Å²) in [5, 5.41) is 8.67. The largest absolute Gasteiger partial charge is 0.481 e. The highest BCUT2D eigenvalue weighted by atomic mass is 16.4. The van der Waals surface area contributed by atoms with Crippen LogP contribution in [0.1, 0.15) is 5.56 Å². The summed E-state index contributed by atoms with van der Waals surface area (Å²) in [5.74, 6) is -0.854. The van der Waals surface area contributed by atoms with Gasteiger partial charge in [0.15, 0.2) is 0 Å². The Hall–Kier alpha value is -2.23. The van der Waals surface area contributed by atoms with Crippen LogP contribution in [0.5, 0.6) is 0 Å². The molecule has 0 spiro atoms. The second-order valence-corrected chi connectivity index (χ2v) is 3.55. The van der Waals surface area contributed by atoms with E-state index in [0.29, 0.717) is 11.3 Å². The summed E-state index contributed by atoms with van der Waals surface area (Å²) in [6.07, 6.45) is 3.78. The van der Waals surface area contributed by atoms with Crippen LogP contribution in [-0.4, -0.2) is 15.6 Å². The van der Waals surface area contributed by atoms with Crippen molar-refractivity contribution in [3.05, 3.63) is 48.3 Å². The molecule has 3 N–H and O–H groups in total. The molecule has 4 heteroatoms. The average Bonchev–Trinajstić information content (AvgIpc) is 2.69. The Morgan fingerprint density at radius 2 is 2.00 bits per heavy atom. The molecular formula is C12H12N2O2. The van der Waals surface area contributed by atoms with E-state index >= 15 is 0 Å². The highest BCUT2D eigenvalue weighted by Crippen LogP contribution is 2.19. The monoisotopic (exact) mass is 216 g/mol. The van der Waals surface area contributed by atoms with E-state index in [1.165, 1.54) is 0 Å². The number of hydrogen-bond donors (Lipinski definition) is 2. The van der Waals surface area contributed by atoms with Gasteiger partial charge >= 0.3 is 5.97 Å². The Balaban J connectivity index is 2.34. The maximum absolute atomic E-state index is 10.5. The third-order valence-corrected chi connectivity index (χ3v) is 2.33. The fraction of sp³-hybridized carbons (Fsp3) is 0.0833. The summed E-state index contributed by atoms with van der Waals surface area (Å²) in [6.45, 7) is 0. The van der Waals surface area contributed by atoms with E-state index in [1.807, 2.05) is 35.2 Å². The van der Waals surface area contributed by atoms with Crippen LogP contribution in [0.2, 0.25) is 0 Å². The summed E-state index contributed by atoms with van der Waals surface area (Å²) in [6, 6.07) is 9.12. The SMILES string of the molecule is Nc1cc(CC(=O)O)ccc1-n1cccc1. The average molecular weight is 216 g/mol. The molecule has 1 aromatic heterocycles. The number of nitrogens with two attached hydrogens (primary N) is 1. The molecule has 1 heterocycles. The Labute approximate surface area is 92.9 Å². The molecular weight excluding hydrogens is 204 g/mol. The van der Waals surface area contributed by atoms with Gasteiger partial charge in [-0.1, -0.05) is 6.07 Å². The van der Waals surface area contributed by atoms with Crippen molar-refractivity contribution in [1.29, 1.82) is 0 Å². The number of hydrogen-bond acceptors (Lipinski definition) is 2. The van der Waals surface area contributed by atoms with Crippen molar-refractivity contribution >= 4 is 11.7 Å². The van der Waals surface area contributed by atoms with Crippen LogP contribution < -0.4 is 5.73 Å². The van der Waals surface area contributed by atoms with Crippen molar-refractivity contribution in [2.24, 2.45) is 0 Å². The van der Waals surface area contributed by atoms with E-state index < -0.39 is 5.97 Å². The molecule has 0 aliphatic rings. The lowest BCUT2D eigenvalue weighted by molar-refractivity contribution is -0.136. The Kier molecular flexibility index (Phi) is 2.64. The molecule has 0 unspecified atom stereocenters. The van der Waals surface area contributed by atoms with Gasteiger partial charge in [-0.2, -0.15) is 0 Å². The van der Waals surface area contributed by atoms with Crippen LogP contribution in [0.25, 0.3) is 5.69 Å². The number of nitrogens with zero attached hydrogens (tertiary/aromatic N) is 1. The number of benzene rings is 1. The van der Waals surface area contributed by atoms with E-state index in [9.17, 15) is 4.79 Å². The van der Waals surface area contributed by atoms with Gasteiger partial charge in [0.05, 0.1) is 17.8 Å². The van der Waals surface area contributed by atoms with Crippen molar-refractivity contribution in [2.45, 2.75) is 6.42 Å². The molecule has 1 aromatic carbocycles. The van der Waals surface area contributed by atoms with Gasteiger partial charge in [0.1, 0.15) is 0 Å². The Bertz CT molecular complexity index is 504. The summed E-state index contributed by atoms with van der Waals surface area (Å²) < 4.78 is 1.89. The number of nitrogen functional groups attached to an aromatic ring is 1. The fourth-order valence-electron chi connectivity index (χ4n) is 1.62. The van der Waals surface area contributed by atoms with E-state index in [0.717, 1.165) is 5.69 Å². The Morgan fingerprint density at radius 3 is 2.56 bits per heavy atom. The second-order valence-electron chi connectivity index (χ2n) is 3.55. The lowest BCUT2D eigenvalue weighted by Crippen LogP contribution is -2.03. The first kappa shape index (κ1) is 10.3. The third kappa shape index (κ3) is 2.06. The first-order chi connectivity index (χ1) is 7.66. The first-order valence-electron chi connectivity index (χ1n) is 4.90. The molecule has 4 nitrogen and oxygen atoms in total. The normalized spacial score (nSPS) is 10.2. The van der Waals surface area contributed by atoms with Gasteiger partial charge in [-0.05, 0) is 29.8 Å². The highest BCUT2D eigenvalue weighted by molar-refractivity contribution is 5.71. The van der Waals surface area contributed by atoms with Gasteiger partial charge in [-0.25, -0.2) is 0 Å². The maximum atomic E-state index is 10.5. The zero-order chi connectivity index (χ0) is 11.5. The Morgan fingerprint density at radius 1 is 1.31 bits per heavy atom. The van der Waals surface area contributed by atoms with Crippen molar-refractivity contribution in [1.82, 2.24) is 4.57 Å². The molecule has 0 aliphatic carbocycles. The lowest BCUT2D eigenvalue weighted by Gasteiger charge is -2.08. The molecule has 0 saturated carbocycles. The van der Waals surface area contributed by atoms with Gasteiger partial charge in [0, 0.05) is 12.4 Å². The predicted molar refractivity (Wildman–Crippen MR) is 61.5 cm³/mol. The minimum Gasteiger partial charge on any atom is -0.481 e. The number of anilines is 1. The van der Waals surface area contributed by atoms with Crippen LogP contribution in [0, 0.1) is 0 Å². The topological polar surface area (TPSA) is 68.2 Å². The van der Waals surface area contributed by atoms with Crippen LogP contribution in [0.4, 0.5) is 5.69 Å². The molecule has 2 rings (SSSR count). The van der Waals surface area contributed by atoms with E-state index in [-0.39, 0.29) is 6.42 Å². The number of aromatic nitrogens is 1. The number of rotatable bonds is 3. The zero-order valence-corrected chi connectivity index (χ0v) is 8.63. The molecule has 0 radical (unpaired) electrons. The van der Waals surface area contributed by atoms with Gasteiger partial charge in [-0.3, -0.25) is 4.79 Å². The molecule has 0 atom stereocenters. The van der Waals surface area contributed by atoms with Crippen molar-refractivity contribution in [3.63, 3.8) is 0 Å². The second kappa shape index (κ2) is 4.10. The lowest BCUT2D eigenvalue weighted by atomic mass is 10.1.